The second kappa shape index (κ2) is 7.74. The predicted molar refractivity (Wildman–Crippen MR) is 102 cm³/mol. The number of rotatable bonds is 5. The summed E-state index contributed by atoms with van der Waals surface area (Å²) < 4.78 is 5.43. The molecule has 2 saturated heterocycles. The van der Waals surface area contributed by atoms with E-state index in [-0.39, 0.29) is 5.92 Å². The lowest BCUT2D eigenvalue weighted by atomic mass is 9.96. The number of pyridine rings is 1. The first-order chi connectivity index (χ1) is 12.7. The Morgan fingerprint density at radius 1 is 1.15 bits per heavy atom. The Kier molecular flexibility index (Phi) is 5.20. The lowest BCUT2D eigenvalue weighted by Gasteiger charge is -2.34. The molecule has 2 aliphatic heterocycles. The van der Waals surface area contributed by atoms with E-state index in [1.165, 1.54) is 45.3 Å². The van der Waals surface area contributed by atoms with Crippen LogP contribution >= 0.6 is 0 Å². The average Bonchev–Trinajstić information content (AvgIpc) is 3.34. The lowest BCUT2D eigenvalue weighted by Crippen LogP contribution is -2.38. The second-order valence-corrected chi connectivity index (χ2v) is 7.95. The van der Waals surface area contributed by atoms with Crippen molar-refractivity contribution in [3.63, 3.8) is 0 Å². The van der Waals surface area contributed by atoms with Crippen molar-refractivity contribution in [2.75, 3.05) is 37.6 Å². The fourth-order valence-corrected chi connectivity index (χ4v) is 3.99. The van der Waals surface area contributed by atoms with Crippen molar-refractivity contribution in [3.8, 4) is 11.5 Å². The zero-order chi connectivity index (χ0) is 17.9. The average molecular weight is 355 g/mol. The fourth-order valence-electron chi connectivity index (χ4n) is 3.99. The highest BCUT2D eigenvalue weighted by Gasteiger charge is 2.24. The van der Waals surface area contributed by atoms with Gasteiger partial charge in [-0.2, -0.15) is 4.98 Å². The van der Waals surface area contributed by atoms with Gasteiger partial charge in [0.15, 0.2) is 5.82 Å². The number of likely N-dealkylation sites (tertiary alicyclic amines) is 1. The molecule has 0 radical (unpaired) electrons. The van der Waals surface area contributed by atoms with Crippen molar-refractivity contribution in [3.05, 3.63) is 24.2 Å². The molecule has 6 heteroatoms. The molecule has 26 heavy (non-hydrogen) atoms. The van der Waals surface area contributed by atoms with Crippen molar-refractivity contribution < 1.29 is 4.52 Å². The molecule has 0 aliphatic carbocycles. The highest BCUT2D eigenvalue weighted by Crippen LogP contribution is 2.27. The van der Waals surface area contributed by atoms with Crippen LogP contribution in [-0.2, 0) is 0 Å². The maximum absolute atomic E-state index is 5.43. The first-order valence-corrected chi connectivity index (χ1v) is 9.96. The molecule has 2 aromatic heterocycles. The summed E-state index contributed by atoms with van der Waals surface area (Å²) in [5.41, 5.74) is 0.952. The molecular formula is C20H29N5O. The van der Waals surface area contributed by atoms with E-state index in [4.69, 9.17) is 4.52 Å². The topological polar surface area (TPSA) is 58.3 Å². The molecule has 0 spiro atoms. The molecule has 2 aliphatic rings. The number of nitrogens with zero attached hydrogens (tertiary/aromatic N) is 5. The van der Waals surface area contributed by atoms with Crippen molar-refractivity contribution in [2.24, 2.45) is 5.92 Å². The van der Waals surface area contributed by atoms with Crippen LogP contribution in [0.15, 0.2) is 22.9 Å². The van der Waals surface area contributed by atoms with Crippen LogP contribution in [0.25, 0.3) is 11.5 Å². The van der Waals surface area contributed by atoms with Gasteiger partial charge in [-0.25, -0.2) is 4.98 Å². The highest BCUT2D eigenvalue weighted by atomic mass is 16.5. The SMILES string of the molecule is CC(C)c1noc(-c2ccnc(N3CCC(CN4CCCC4)CC3)c2)n1. The molecule has 0 aromatic carbocycles. The molecule has 2 aromatic rings. The third-order valence-corrected chi connectivity index (χ3v) is 5.60. The minimum absolute atomic E-state index is 0.267. The molecule has 4 rings (SSSR count). The quantitative estimate of drug-likeness (QED) is 0.817. The first kappa shape index (κ1) is 17.5. The third kappa shape index (κ3) is 3.90. The Labute approximate surface area is 155 Å². The molecular weight excluding hydrogens is 326 g/mol. The smallest absolute Gasteiger partial charge is 0.258 e. The molecule has 0 N–H and O–H groups in total. The van der Waals surface area contributed by atoms with Crippen LogP contribution in [0.4, 0.5) is 5.82 Å². The van der Waals surface area contributed by atoms with E-state index < -0.39 is 0 Å². The summed E-state index contributed by atoms with van der Waals surface area (Å²) >= 11 is 0. The largest absolute Gasteiger partial charge is 0.357 e. The number of anilines is 1. The van der Waals surface area contributed by atoms with Gasteiger partial charge in [-0.3, -0.25) is 0 Å². The number of aromatic nitrogens is 3. The first-order valence-electron chi connectivity index (χ1n) is 9.96. The Balaban J connectivity index is 1.39. The normalized spacial score (nSPS) is 19.6. The monoisotopic (exact) mass is 355 g/mol. The van der Waals surface area contributed by atoms with Crippen molar-refractivity contribution in [2.45, 2.75) is 45.4 Å². The van der Waals surface area contributed by atoms with Gasteiger partial charge in [0.25, 0.3) is 5.89 Å². The third-order valence-electron chi connectivity index (χ3n) is 5.60. The van der Waals surface area contributed by atoms with E-state index in [0.717, 1.165) is 36.2 Å². The van der Waals surface area contributed by atoms with E-state index in [1.807, 2.05) is 12.3 Å². The zero-order valence-electron chi connectivity index (χ0n) is 15.9. The van der Waals surface area contributed by atoms with E-state index in [1.54, 1.807) is 0 Å². The van der Waals surface area contributed by atoms with E-state index in [2.05, 4.69) is 44.8 Å². The van der Waals surface area contributed by atoms with Crippen LogP contribution in [0.5, 0.6) is 0 Å². The van der Waals surface area contributed by atoms with Crippen LogP contribution in [0.2, 0.25) is 0 Å². The maximum Gasteiger partial charge on any atom is 0.258 e. The fraction of sp³-hybridized carbons (Fsp3) is 0.650. The van der Waals surface area contributed by atoms with Crippen molar-refractivity contribution in [1.29, 1.82) is 0 Å². The van der Waals surface area contributed by atoms with Crippen molar-refractivity contribution in [1.82, 2.24) is 20.0 Å². The summed E-state index contributed by atoms with van der Waals surface area (Å²) in [6.07, 6.45) is 7.11. The summed E-state index contributed by atoms with van der Waals surface area (Å²) in [4.78, 5) is 14.1. The molecule has 140 valence electrons. The Bertz CT molecular complexity index is 714. The number of piperidine rings is 1. The van der Waals surface area contributed by atoms with Crippen LogP contribution in [0.3, 0.4) is 0 Å². The van der Waals surface area contributed by atoms with Gasteiger partial charge < -0.3 is 14.3 Å². The highest BCUT2D eigenvalue weighted by molar-refractivity contribution is 5.58. The van der Waals surface area contributed by atoms with E-state index in [0.29, 0.717) is 5.89 Å². The summed E-state index contributed by atoms with van der Waals surface area (Å²) in [5.74, 6) is 3.45. The predicted octanol–water partition coefficient (Wildman–Crippen LogP) is 3.57. The summed E-state index contributed by atoms with van der Waals surface area (Å²) in [5, 5.41) is 4.07. The summed E-state index contributed by atoms with van der Waals surface area (Å²) in [6, 6.07) is 4.03. The molecule has 6 nitrogen and oxygen atoms in total. The van der Waals surface area contributed by atoms with Gasteiger partial charge in [-0.05, 0) is 56.8 Å². The van der Waals surface area contributed by atoms with Gasteiger partial charge in [0, 0.05) is 37.3 Å². The molecule has 4 heterocycles. The minimum atomic E-state index is 0.267. The van der Waals surface area contributed by atoms with E-state index in [9.17, 15) is 0 Å². The van der Waals surface area contributed by atoms with Crippen LogP contribution in [-0.4, -0.2) is 52.7 Å². The summed E-state index contributed by atoms with van der Waals surface area (Å²) in [6.45, 7) is 10.2. The number of hydrogen-bond donors (Lipinski definition) is 0. The standard InChI is InChI=1S/C20H29N5O/c1-15(2)19-22-20(26-23-19)17-5-8-21-18(13-17)25-11-6-16(7-12-25)14-24-9-3-4-10-24/h5,8,13,15-16H,3-4,6-7,9-12,14H2,1-2H3. The van der Waals surface area contributed by atoms with Gasteiger partial charge in [0.2, 0.25) is 0 Å². The summed E-state index contributed by atoms with van der Waals surface area (Å²) in [7, 11) is 0. The van der Waals surface area contributed by atoms with Crippen LogP contribution < -0.4 is 4.90 Å². The Hall–Kier alpha value is -1.95. The second-order valence-electron chi connectivity index (χ2n) is 7.95. The Morgan fingerprint density at radius 2 is 1.92 bits per heavy atom. The Morgan fingerprint density at radius 3 is 2.62 bits per heavy atom. The molecule has 0 unspecified atom stereocenters. The molecule has 0 bridgehead atoms. The molecule has 0 atom stereocenters. The minimum Gasteiger partial charge on any atom is -0.357 e. The lowest BCUT2D eigenvalue weighted by molar-refractivity contribution is 0.249. The van der Waals surface area contributed by atoms with Crippen LogP contribution in [0.1, 0.15) is 51.3 Å². The van der Waals surface area contributed by atoms with Gasteiger partial charge in [-0.15, -0.1) is 0 Å². The van der Waals surface area contributed by atoms with Gasteiger partial charge in [-0.1, -0.05) is 19.0 Å². The van der Waals surface area contributed by atoms with E-state index >= 15 is 0 Å². The zero-order valence-corrected chi connectivity index (χ0v) is 15.9. The molecule has 0 saturated carbocycles. The molecule has 2 fully saturated rings. The van der Waals surface area contributed by atoms with Crippen molar-refractivity contribution >= 4 is 5.82 Å². The molecule has 0 amide bonds. The number of hydrogen-bond acceptors (Lipinski definition) is 6. The van der Waals surface area contributed by atoms with Crippen LogP contribution in [0, 0.1) is 5.92 Å². The van der Waals surface area contributed by atoms with Gasteiger partial charge >= 0.3 is 0 Å². The van der Waals surface area contributed by atoms with Gasteiger partial charge in [0.1, 0.15) is 5.82 Å². The maximum atomic E-state index is 5.43. The van der Waals surface area contributed by atoms with Gasteiger partial charge in [0.05, 0.1) is 0 Å².